The SMILES string of the molecule is Cc1ccc(C)c(CC(Cc2cc(F)ccc2Br)NN)c1. The third kappa shape index (κ3) is 4.37. The second-order valence-corrected chi connectivity index (χ2v) is 6.29. The minimum Gasteiger partial charge on any atom is -0.271 e. The van der Waals surface area contributed by atoms with Gasteiger partial charge in [-0.15, -0.1) is 0 Å². The maximum atomic E-state index is 13.4. The van der Waals surface area contributed by atoms with Gasteiger partial charge in [0.05, 0.1) is 0 Å². The fraction of sp³-hybridized carbons (Fsp3) is 0.294. The van der Waals surface area contributed by atoms with Crippen LogP contribution in [-0.4, -0.2) is 6.04 Å². The van der Waals surface area contributed by atoms with Crippen molar-refractivity contribution in [1.29, 1.82) is 0 Å². The largest absolute Gasteiger partial charge is 0.271 e. The molecule has 0 aromatic heterocycles. The number of hydrogen-bond donors (Lipinski definition) is 2. The van der Waals surface area contributed by atoms with E-state index < -0.39 is 0 Å². The van der Waals surface area contributed by atoms with E-state index >= 15 is 0 Å². The minimum atomic E-state index is -0.226. The zero-order valence-electron chi connectivity index (χ0n) is 12.3. The van der Waals surface area contributed by atoms with E-state index in [1.807, 2.05) is 0 Å². The van der Waals surface area contributed by atoms with Crippen LogP contribution in [0.2, 0.25) is 0 Å². The number of hydrogen-bond acceptors (Lipinski definition) is 2. The molecule has 4 heteroatoms. The van der Waals surface area contributed by atoms with Crippen LogP contribution in [0.4, 0.5) is 4.39 Å². The molecule has 0 spiro atoms. The normalized spacial score (nSPS) is 12.4. The molecule has 0 amide bonds. The van der Waals surface area contributed by atoms with Gasteiger partial charge in [0.2, 0.25) is 0 Å². The maximum absolute atomic E-state index is 13.4. The van der Waals surface area contributed by atoms with Crippen LogP contribution < -0.4 is 11.3 Å². The molecule has 2 nitrogen and oxygen atoms in total. The number of rotatable bonds is 5. The van der Waals surface area contributed by atoms with E-state index in [1.165, 1.54) is 22.8 Å². The van der Waals surface area contributed by atoms with Crippen LogP contribution in [0.5, 0.6) is 0 Å². The van der Waals surface area contributed by atoms with Crippen molar-refractivity contribution < 1.29 is 4.39 Å². The second kappa shape index (κ2) is 7.16. The smallest absolute Gasteiger partial charge is 0.123 e. The Labute approximate surface area is 133 Å². The number of aryl methyl sites for hydroxylation is 2. The van der Waals surface area contributed by atoms with Crippen molar-refractivity contribution in [2.45, 2.75) is 32.7 Å². The predicted octanol–water partition coefficient (Wildman–Crippen LogP) is 3.82. The molecule has 112 valence electrons. The summed E-state index contributed by atoms with van der Waals surface area (Å²) in [7, 11) is 0. The Balaban J connectivity index is 2.16. The van der Waals surface area contributed by atoms with Gasteiger partial charge in [-0.05, 0) is 61.6 Å². The molecule has 0 aliphatic heterocycles. The molecular weight excluding hydrogens is 331 g/mol. The van der Waals surface area contributed by atoms with Crippen LogP contribution in [-0.2, 0) is 12.8 Å². The van der Waals surface area contributed by atoms with Gasteiger partial charge in [0, 0.05) is 10.5 Å². The lowest BCUT2D eigenvalue weighted by Crippen LogP contribution is -2.38. The van der Waals surface area contributed by atoms with Crippen LogP contribution in [0.1, 0.15) is 22.3 Å². The average Bonchev–Trinajstić information content (AvgIpc) is 2.45. The lowest BCUT2D eigenvalue weighted by Gasteiger charge is -2.18. The first-order valence-electron chi connectivity index (χ1n) is 6.95. The van der Waals surface area contributed by atoms with Gasteiger partial charge in [0.25, 0.3) is 0 Å². The van der Waals surface area contributed by atoms with Gasteiger partial charge in [0.1, 0.15) is 5.82 Å². The van der Waals surface area contributed by atoms with E-state index in [2.05, 4.69) is 53.4 Å². The fourth-order valence-corrected chi connectivity index (χ4v) is 2.85. The predicted molar refractivity (Wildman–Crippen MR) is 88.5 cm³/mol. The molecule has 0 saturated carbocycles. The van der Waals surface area contributed by atoms with Gasteiger partial charge in [0.15, 0.2) is 0 Å². The summed E-state index contributed by atoms with van der Waals surface area (Å²) in [6, 6.07) is 11.2. The average molecular weight is 351 g/mol. The second-order valence-electron chi connectivity index (χ2n) is 5.44. The number of halogens is 2. The molecule has 0 aliphatic carbocycles. The van der Waals surface area contributed by atoms with Gasteiger partial charge in [-0.1, -0.05) is 39.7 Å². The van der Waals surface area contributed by atoms with Gasteiger partial charge in [-0.25, -0.2) is 4.39 Å². The van der Waals surface area contributed by atoms with E-state index in [0.29, 0.717) is 6.42 Å². The van der Waals surface area contributed by atoms with Crippen molar-refractivity contribution in [3.05, 3.63) is 68.9 Å². The highest BCUT2D eigenvalue weighted by molar-refractivity contribution is 9.10. The molecule has 2 rings (SSSR count). The van der Waals surface area contributed by atoms with Crippen molar-refractivity contribution >= 4 is 15.9 Å². The summed E-state index contributed by atoms with van der Waals surface area (Å²) in [5, 5.41) is 0. The molecule has 0 saturated heterocycles. The summed E-state index contributed by atoms with van der Waals surface area (Å²) in [4.78, 5) is 0. The highest BCUT2D eigenvalue weighted by Gasteiger charge is 2.13. The summed E-state index contributed by atoms with van der Waals surface area (Å²) in [6.45, 7) is 4.18. The first-order chi connectivity index (χ1) is 9.99. The fourth-order valence-electron chi connectivity index (χ4n) is 2.44. The van der Waals surface area contributed by atoms with Crippen molar-refractivity contribution in [1.82, 2.24) is 5.43 Å². The van der Waals surface area contributed by atoms with E-state index in [9.17, 15) is 4.39 Å². The molecule has 0 fully saturated rings. The van der Waals surface area contributed by atoms with Crippen LogP contribution in [0, 0.1) is 19.7 Å². The lowest BCUT2D eigenvalue weighted by molar-refractivity contribution is 0.518. The van der Waals surface area contributed by atoms with Crippen LogP contribution in [0.15, 0.2) is 40.9 Å². The standard InChI is InChI=1S/C17H20BrFN2/c1-11-3-4-12(2)13(7-11)9-16(21-20)10-14-8-15(19)5-6-17(14)18/h3-8,16,21H,9-10,20H2,1-2H3. The van der Waals surface area contributed by atoms with E-state index in [1.54, 1.807) is 12.1 Å². The van der Waals surface area contributed by atoms with Gasteiger partial charge in [-0.3, -0.25) is 11.3 Å². The van der Waals surface area contributed by atoms with Crippen LogP contribution >= 0.6 is 15.9 Å². The first kappa shape index (κ1) is 16.1. The summed E-state index contributed by atoms with van der Waals surface area (Å²) in [5.41, 5.74) is 7.52. The third-order valence-corrected chi connectivity index (χ3v) is 4.45. The molecule has 21 heavy (non-hydrogen) atoms. The Morgan fingerprint density at radius 1 is 1.10 bits per heavy atom. The molecule has 2 aromatic rings. The van der Waals surface area contributed by atoms with Crippen molar-refractivity contribution in [3.8, 4) is 0 Å². The topological polar surface area (TPSA) is 38.0 Å². The number of benzene rings is 2. The molecule has 0 aliphatic rings. The third-order valence-electron chi connectivity index (χ3n) is 3.68. The molecule has 1 atom stereocenters. The van der Waals surface area contributed by atoms with Crippen molar-refractivity contribution in [2.24, 2.45) is 5.84 Å². The molecular formula is C17H20BrFN2. The number of nitrogens with two attached hydrogens (primary N) is 1. The Morgan fingerprint density at radius 2 is 1.81 bits per heavy atom. The van der Waals surface area contributed by atoms with Crippen LogP contribution in [0.3, 0.4) is 0 Å². The van der Waals surface area contributed by atoms with E-state index in [-0.39, 0.29) is 11.9 Å². The maximum Gasteiger partial charge on any atom is 0.123 e. The summed E-state index contributed by atoms with van der Waals surface area (Å²) >= 11 is 3.46. The van der Waals surface area contributed by atoms with Crippen molar-refractivity contribution in [2.75, 3.05) is 0 Å². The Morgan fingerprint density at radius 3 is 2.52 bits per heavy atom. The molecule has 0 radical (unpaired) electrons. The molecule has 0 heterocycles. The highest BCUT2D eigenvalue weighted by Crippen LogP contribution is 2.21. The minimum absolute atomic E-state index is 0.0589. The zero-order chi connectivity index (χ0) is 15.4. The zero-order valence-corrected chi connectivity index (χ0v) is 13.9. The van der Waals surface area contributed by atoms with E-state index in [4.69, 9.17) is 5.84 Å². The Bertz CT molecular complexity index is 575. The van der Waals surface area contributed by atoms with Gasteiger partial charge < -0.3 is 0 Å². The molecule has 1 unspecified atom stereocenters. The Hall–Kier alpha value is -1.23. The van der Waals surface area contributed by atoms with E-state index in [0.717, 1.165) is 16.5 Å². The Kier molecular flexibility index (Phi) is 5.51. The lowest BCUT2D eigenvalue weighted by atomic mass is 9.95. The highest BCUT2D eigenvalue weighted by atomic mass is 79.9. The van der Waals surface area contributed by atoms with Crippen molar-refractivity contribution in [3.63, 3.8) is 0 Å². The quantitative estimate of drug-likeness (QED) is 0.635. The van der Waals surface area contributed by atoms with Gasteiger partial charge in [-0.2, -0.15) is 0 Å². The summed E-state index contributed by atoms with van der Waals surface area (Å²) in [6.07, 6.45) is 1.48. The summed E-state index contributed by atoms with van der Waals surface area (Å²) < 4.78 is 14.3. The van der Waals surface area contributed by atoms with Crippen LogP contribution in [0.25, 0.3) is 0 Å². The first-order valence-corrected chi connectivity index (χ1v) is 7.75. The number of nitrogens with one attached hydrogen (secondary N) is 1. The number of hydrazine groups is 1. The monoisotopic (exact) mass is 350 g/mol. The summed E-state index contributed by atoms with van der Waals surface area (Å²) in [5.74, 6) is 5.46. The van der Waals surface area contributed by atoms with Gasteiger partial charge >= 0.3 is 0 Å². The molecule has 0 bridgehead atoms. The molecule has 2 aromatic carbocycles. The molecule has 3 N–H and O–H groups in total.